The molecule has 1 aromatic heterocycles. The standard InChI is InChI=1S/C47H59N11O7/c1-29(59)53-37(25-30-13-4-2-5-14-30)42(61)55-36-20-11-22-50-41(60)35(19-10-23-51-47(48)49)54-44(63)39(27-32-28-52-34-18-9-8-17-33(32)34)56-43(62)38(26-31-15-6-3-7-16-31)57-45(64)40-21-12-24-58(40)46(36)65/h2-9,13-18,28,35-40,52H,10-12,19-27H2,1H3,(H,50,60)(H,53,59)(H,54,63)(H,55,61)(H,56,62)(H,57,64)(H4,48,49,51)/t35-,36-,37-,38-,39-,40-/m0/s1. The average molecular weight is 890 g/mol. The van der Waals surface area contributed by atoms with E-state index in [2.05, 4.69) is 41.9 Å². The van der Waals surface area contributed by atoms with E-state index in [1.165, 1.54) is 11.8 Å². The second-order valence-electron chi connectivity index (χ2n) is 16.5. The Labute approximate surface area is 377 Å². The summed E-state index contributed by atoms with van der Waals surface area (Å²) in [6.07, 6.45) is 3.52. The summed E-state index contributed by atoms with van der Waals surface area (Å²) >= 11 is 0. The molecule has 18 heteroatoms. The highest BCUT2D eigenvalue weighted by atomic mass is 16.2. The second-order valence-corrected chi connectivity index (χ2v) is 16.5. The zero-order valence-corrected chi connectivity index (χ0v) is 36.5. The molecule has 6 rings (SSSR count). The molecule has 65 heavy (non-hydrogen) atoms. The van der Waals surface area contributed by atoms with E-state index >= 15 is 0 Å². The highest BCUT2D eigenvalue weighted by molar-refractivity contribution is 5.98. The highest BCUT2D eigenvalue weighted by Crippen LogP contribution is 2.22. The summed E-state index contributed by atoms with van der Waals surface area (Å²) < 4.78 is 0. The van der Waals surface area contributed by atoms with Crippen LogP contribution in [0.25, 0.3) is 10.9 Å². The van der Waals surface area contributed by atoms with Gasteiger partial charge in [0.05, 0.1) is 0 Å². The van der Waals surface area contributed by atoms with Gasteiger partial charge in [0.1, 0.15) is 36.3 Å². The van der Waals surface area contributed by atoms with Gasteiger partial charge in [-0.05, 0) is 61.3 Å². The molecule has 18 nitrogen and oxygen atoms in total. The Morgan fingerprint density at radius 1 is 0.769 bits per heavy atom. The van der Waals surface area contributed by atoms with Crippen molar-refractivity contribution < 1.29 is 33.6 Å². The van der Waals surface area contributed by atoms with Crippen LogP contribution in [0, 0.1) is 0 Å². The number of aromatic amines is 1. The number of nitrogens with zero attached hydrogens (tertiary/aromatic N) is 2. The Hall–Kier alpha value is -7.24. The fraction of sp³-hybridized carbons (Fsp3) is 0.404. The van der Waals surface area contributed by atoms with Crippen molar-refractivity contribution in [3.8, 4) is 0 Å². The van der Waals surface area contributed by atoms with Gasteiger partial charge in [-0.15, -0.1) is 0 Å². The number of nitrogens with two attached hydrogens (primary N) is 2. The van der Waals surface area contributed by atoms with Gasteiger partial charge in [0, 0.05) is 62.9 Å². The molecule has 0 saturated carbocycles. The summed E-state index contributed by atoms with van der Waals surface area (Å²) in [6.45, 7) is 1.75. The fourth-order valence-electron chi connectivity index (χ4n) is 8.35. The zero-order valence-electron chi connectivity index (χ0n) is 36.5. The lowest BCUT2D eigenvalue weighted by Gasteiger charge is -2.31. The van der Waals surface area contributed by atoms with E-state index in [9.17, 15) is 33.6 Å². The van der Waals surface area contributed by atoms with Gasteiger partial charge < -0.3 is 53.3 Å². The lowest BCUT2D eigenvalue weighted by molar-refractivity contribution is -0.142. The molecule has 2 fully saturated rings. The molecule has 3 aromatic carbocycles. The molecule has 6 atom stereocenters. The molecule has 2 aliphatic rings. The highest BCUT2D eigenvalue weighted by Gasteiger charge is 2.40. The summed E-state index contributed by atoms with van der Waals surface area (Å²) in [7, 11) is 0. The van der Waals surface area contributed by atoms with Crippen LogP contribution in [0.2, 0.25) is 0 Å². The van der Waals surface area contributed by atoms with Crippen molar-refractivity contribution in [1.82, 2.24) is 41.8 Å². The van der Waals surface area contributed by atoms with Crippen LogP contribution in [-0.4, -0.2) is 113 Å². The van der Waals surface area contributed by atoms with Gasteiger partial charge in [0.15, 0.2) is 5.96 Å². The second kappa shape index (κ2) is 22.9. The Kier molecular flexibility index (Phi) is 16.7. The minimum Gasteiger partial charge on any atom is -0.370 e. The maximum absolute atomic E-state index is 14.6. The summed E-state index contributed by atoms with van der Waals surface area (Å²) in [6, 6.07) is 19.1. The summed E-state index contributed by atoms with van der Waals surface area (Å²) in [5.41, 5.74) is 14.2. The number of H-pyrrole nitrogens is 1. The van der Waals surface area contributed by atoms with E-state index in [0.29, 0.717) is 19.3 Å². The first-order valence-corrected chi connectivity index (χ1v) is 22.1. The third-order valence-corrected chi connectivity index (χ3v) is 11.6. The Bertz CT molecular complexity index is 2330. The molecule has 0 spiro atoms. The number of fused-ring (bicyclic) bond motifs is 2. The van der Waals surface area contributed by atoms with E-state index in [0.717, 1.165) is 27.6 Å². The van der Waals surface area contributed by atoms with Gasteiger partial charge in [-0.25, -0.2) is 0 Å². The number of hydrogen-bond donors (Lipinski definition) is 9. The van der Waals surface area contributed by atoms with Crippen LogP contribution in [0.3, 0.4) is 0 Å². The number of amides is 7. The number of nitrogens with one attached hydrogen (secondary N) is 7. The summed E-state index contributed by atoms with van der Waals surface area (Å²) in [4.78, 5) is 107. The fourth-order valence-corrected chi connectivity index (χ4v) is 8.35. The molecule has 2 saturated heterocycles. The number of carbonyl (C=O) groups excluding carboxylic acids is 7. The maximum atomic E-state index is 14.6. The van der Waals surface area contributed by atoms with Crippen LogP contribution in [-0.2, 0) is 52.8 Å². The monoisotopic (exact) mass is 889 g/mol. The van der Waals surface area contributed by atoms with Crippen molar-refractivity contribution in [2.75, 3.05) is 19.6 Å². The average Bonchev–Trinajstić information content (AvgIpc) is 3.95. The van der Waals surface area contributed by atoms with Crippen LogP contribution in [0.4, 0.5) is 0 Å². The molecule has 0 aliphatic carbocycles. The van der Waals surface area contributed by atoms with Gasteiger partial charge in [-0.1, -0.05) is 78.9 Å². The van der Waals surface area contributed by atoms with Crippen molar-refractivity contribution in [1.29, 1.82) is 0 Å². The van der Waals surface area contributed by atoms with E-state index in [1.54, 1.807) is 6.20 Å². The van der Waals surface area contributed by atoms with Crippen LogP contribution < -0.4 is 43.4 Å². The molecule has 0 radical (unpaired) electrons. The maximum Gasteiger partial charge on any atom is 0.245 e. The van der Waals surface area contributed by atoms with Crippen molar-refractivity contribution in [2.45, 2.75) is 101 Å². The summed E-state index contributed by atoms with van der Waals surface area (Å²) in [5.74, 6) is -4.04. The molecule has 344 valence electrons. The Morgan fingerprint density at radius 2 is 1.42 bits per heavy atom. The van der Waals surface area contributed by atoms with Gasteiger partial charge in [0.2, 0.25) is 41.4 Å². The van der Waals surface area contributed by atoms with Crippen LogP contribution in [0.15, 0.2) is 96.1 Å². The van der Waals surface area contributed by atoms with E-state index in [4.69, 9.17) is 11.5 Å². The smallest absolute Gasteiger partial charge is 0.245 e. The van der Waals surface area contributed by atoms with Crippen molar-refractivity contribution >= 4 is 58.2 Å². The molecule has 7 amide bonds. The van der Waals surface area contributed by atoms with Crippen molar-refractivity contribution in [3.05, 3.63) is 108 Å². The molecule has 2 aliphatic heterocycles. The summed E-state index contributed by atoms with van der Waals surface area (Å²) in [5, 5.41) is 17.9. The molecule has 11 N–H and O–H groups in total. The normalized spacial score (nSPS) is 21.6. The van der Waals surface area contributed by atoms with Gasteiger partial charge in [-0.3, -0.25) is 38.6 Å². The number of aliphatic imine (C=N–C) groups is 1. The number of aromatic nitrogens is 1. The first kappa shape index (κ1) is 47.2. The third-order valence-electron chi connectivity index (χ3n) is 11.6. The first-order chi connectivity index (χ1) is 31.4. The molecular weight excluding hydrogens is 831 g/mol. The number of carbonyl (C=O) groups is 7. The topological polar surface area (TPSA) is 275 Å². The number of benzene rings is 3. The number of para-hydroxylation sites is 1. The lowest BCUT2D eigenvalue weighted by atomic mass is 10.0. The van der Waals surface area contributed by atoms with Crippen LogP contribution in [0.5, 0.6) is 0 Å². The Morgan fingerprint density at radius 3 is 2.12 bits per heavy atom. The minimum atomic E-state index is -1.19. The van der Waals surface area contributed by atoms with Gasteiger partial charge in [0.25, 0.3) is 0 Å². The molecule has 0 bridgehead atoms. The van der Waals surface area contributed by atoms with E-state index < -0.39 is 77.6 Å². The quantitative estimate of drug-likeness (QED) is 0.0516. The third kappa shape index (κ3) is 13.4. The predicted molar refractivity (Wildman–Crippen MR) is 245 cm³/mol. The SMILES string of the molecule is CC(=O)N[C@@H](Cc1ccccc1)C(=O)N[C@H]1CCCNC(=O)[C@H](CCCN=C(N)N)NC(=O)[C@H](Cc2c[nH]c3ccccc23)NC(=O)[C@H](Cc2ccccc2)NC(=O)[C@@H]2CCCN2C1=O. The molecular formula is C47H59N11O7. The molecule has 4 aromatic rings. The minimum absolute atomic E-state index is 0.0437. The number of guanidine groups is 1. The molecule has 0 unspecified atom stereocenters. The van der Waals surface area contributed by atoms with Crippen molar-refractivity contribution in [3.63, 3.8) is 0 Å². The largest absolute Gasteiger partial charge is 0.370 e. The number of hydrogen-bond acceptors (Lipinski definition) is 8. The Balaban J connectivity index is 1.32. The van der Waals surface area contributed by atoms with E-state index in [1.807, 2.05) is 84.9 Å². The van der Waals surface area contributed by atoms with Crippen LogP contribution in [0.1, 0.15) is 62.1 Å². The predicted octanol–water partition coefficient (Wildman–Crippen LogP) is 0.594. The van der Waals surface area contributed by atoms with Crippen LogP contribution >= 0.6 is 0 Å². The zero-order chi connectivity index (χ0) is 46.3. The van der Waals surface area contributed by atoms with Crippen molar-refractivity contribution in [2.24, 2.45) is 16.5 Å². The first-order valence-electron chi connectivity index (χ1n) is 22.1. The lowest BCUT2D eigenvalue weighted by Crippen LogP contribution is -2.60. The van der Waals surface area contributed by atoms with Gasteiger partial charge in [-0.2, -0.15) is 0 Å². The number of rotatable bonds is 13. The molecule has 3 heterocycles. The van der Waals surface area contributed by atoms with Gasteiger partial charge >= 0.3 is 0 Å². The van der Waals surface area contributed by atoms with E-state index in [-0.39, 0.29) is 64.1 Å².